The lowest BCUT2D eigenvalue weighted by Gasteiger charge is -2.25. The maximum Gasteiger partial charge on any atom is 0.105 e. The topological polar surface area (TPSA) is 34.0 Å². The second kappa shape index (κ2) is 6.81. The predicted molar refractivity (Wildman–Crippen MR) is 100 cm³/mol. The van der Waals surface area contributed by atoms with Gasteiger partial charge in [0.2, 0.25) is 0 Å². The number of likely N-dealkylation sites (tertiary alicyclic amines) is 1. The number of hydrogen-bond donors (Lipinski definition) is 0. The second-order valence-electron chi connectivity index (χ2n) is 6.84. The van der Waals surface area contributed by atoms with Crippen LogP contribution in [0.5, 0.6) is 0 Å². The number of hydrogen-bond acceptors (Lipinski definition) is 3. The molecule has 2 aromatic heterocycles. The minimum atomic E-state index is 0.469. The molecule has 3 aromatic rings. The Morgan fingerprint density at radius 2 is 1.96 bits per heavy atom. The zero-order valence-corrected chi connectivity index (χ0v) is 14.9. The third-order valence-electron chi connectivity index (χ3n) is 5.24. The zero-order chi connectivity index (χ0) is 17.2. The van der Waals surface area contributed by atoms with Crippen molar-refractivity contribution in [3.05, 3.63) is 71.8 Å². The van der Waals surface area contributed by atoms with Crippen LogP contribution in [0, 0.1) is 6.92 Å². The molecule has 3 heterocycles. The van der Waals surface area contributed by atoms with Crippen LogP contribution in [0.3, 0.4) is 0 Å². The maximum atomic E-state index is 4.58. The molecule has 0 unspecified atom stereocenters. The van der Waals surface area contributed by atoms with Crippen LogP contribution >= 0.6 is 0 Å². The van der Waals surface area contributed by atoms with Crippen molar-refractivity contribution in [3.63, 3.8) is 0 Å². The van der Waals surface area contributed by atoms with Gasteiger partial charge in [0.1, 0.15) is 5.82 Å². The highest BCUT2D eigenvalue weighted by Crippen LogP contribution is 2.34. The Balaban J connectivity index is 1.60. The van der Waals surface area contributed by atoms with Gasteiger partial charge in [-0.25, -0.2) is 4.98 Å². The molecule has 4 heteroatoms. The fraction of sp³-hybridized carbons (Fsp3) is 0.333. The van der Waals surface area contributed by atoms with E-state index < -0.39 is 0 Å². The molecule has 25 heavy (non-hydrogen) atoms. The molecule has 0 aliphatic carbocycles. The predicted octanol–water partition coefficient (Wildman–Crippen LogP) is 4.13. The molecule has 1 aliphatic rings. The van der Waals surface area contributed by atoms with Crippen LogP contribution in [0.25, 0.3) is 11.4 Å². The van der Waals surface area contributed by atoms with Crippen molar-refractivity contribution < 1.29 is 0 Å². The lowest BCUT2D eigenvalue weighted by molar-refractivity contribution is 0.248. The van der Waals surface area contributed by atoms with Gasteiger partial charge in [0.15, 0.2) is 0 Å². The number of rotatable bonds is 4. The van der Waals surface area contributed by atoms with E-state index in [2.05, 4.69) is 61.9 Å². The molecule has 1 aliphatic heterocycles. The molecule has 0 radical (unpaired) electrons. The Morgan fingerprint density at radius 1 is 1.12 bits per heavy atom. The standard InChI is InChI=1S/C21H24N4/c1-16-23-14-21(24(16)2)19-13-18(10-11-22-19)20-9-6-12-25(20)15-17-7-4-3-5-8-17/h3-5,7-8,10-11,13-14,20H,6,9,12,15H2,1-2H3/t20-/m0/s1. The van der Waals surface area contributed by atoms with Gasteiger partial charge in [-0.2, -0.15) is 0 Å². The Kier molecular flexibility index (Phi) is 4.36. The Morgan fingerprint density at radius 3 is 2.72 bits per heavy atom. The van der Waals surface area contributed by atoms with Crippen molar-refractivity contribution in [1.82, 2.24) is 19.4 Å². The van der Waals surface area contributed by atoms with E-state index in [1.807, 2.05) is 26.4 Å². The summed E-state index contributed by atoms with van der Waals surface area (Å²) in [5.41, 5.74) is 4.82. The van der Waals surface area contributed by atoms with Gasteiger partial charge < -0.3 is 4.57 Å². The van der Waals surface area contributed by atoms with Crippen LogP contribution in [0.4, 0.5) is 0 Å². The van der Waals surface area contributed by atoms with Crippen LogP contribution in [0.1, 0.15) is 35.8 Å². The third-order valence-corrected chi connectivity index (χ3v) is 5.24. The molecule has 0 spiro atoms. The second-order valence-corrected chi connectivity index (χ2v) is 6.84. The summed E-state index contributed by atoms with van der Waals surface area (Å²) in [6.07, 6.45) is 6.31. The maximum absolute atomic E-state index is 4.58. The molecule has 4 rings (SSSR count). The highest BCUT2D eigenvalue weighted by Gasteiger charge is 2.26. The summed E-state index contributed by atoms with van der Waals surface area (Å²) in [5.74, 6) is 1.01. The quantitative estimate of drug-likeness (QED) is 0.720. The summed E-state index contributed by atoms with van der Waals surface area (Å²) in [6, 6.07) is 15.6. The van der Waals surface area contributed by atoms with Crippen LogP contribution in [-0.4, -0.2) is 26.0 Å². The minimum Gasteiger partial charge on any atom is -0.330 e. The van der Waals surface area contributed by atoms with Gasteiger partial charge in [-0.05, 0) is 49.6 Å². The number of benzene rings is 1. The first-order valence-corrected chi connectivity index (χ1v) is 8.95. The van der Waals surface area contributed by atoms with E-state index in [0.717, 1.165) is 30.3 Å². The summed E-state index contributed by atoms with van der Waals surface area (Å²) in [4.78, 5) is 11.6. The average molecular weight is 332 g/mol. The van der Waals surface area contributed by atoms with E-state index in [1.54, 1.807) is 0 Å². The third kappa shape index (κ3) is 3.22. The largest absolute Gasteiger partial charge is 0.330 e. The molecule has 1 atom stereocenters. The molecule has 0 bridgehead atoms. The van der Waals surface area contributed by atoms with Crippen molar-refractivity contribution in [2.24, 2.45) is 7.05 Å². The van der Waals surface area contributed by atoms with Gasteiger partial charge in [0.05, 0.1) is 17.6 Å². The van der Waals surface area contributed by atoms with Crippen LogP contribution in [0.2, 0.25) is 0 Å². The van der Waals surface area contributed by atoms with Gasteiger partial charge in [-0.3, -0.25) is 9.88 Å². The van der Waals surface area contributed by atoms with Gasteiger partial charge in [0, 0.05) is 25.8 Å². The molecule has 0 amide bonds. The number of pyridine rings is 1. The van der Waals surface area contributed by atoms with Crippen molar-refractivity contribution in [2.45, 2.75) is 32.4 Å². The summed E-state index contributed by atoms with van der Waals surface area (Å²) in [6.45, 7) is 4.18. The van der Waals surface area contributed by atoms with Crippen LogP contribution in [0.15, 0.2) is 54.9 Å². The SMILES string of the molecule is Cc1ncc(-c2cc([C@@H]3CCCN3Cc3ccccc3)ccn2)n1C. The molecule has 0 saturated carbocycles. The van der Waals surface area contributed by atoms with Gasteiger partial charge in [-0.15, -0.1) is 0 Å². The fourth-order valence-electron chi connectivity index (χ4n) is 3.75. The van der Waals surface area contributed by atoms with E-state index in [4.69, 9.17) is 0 Å². The first-order valence-electron chi connectivity index (χ1n) is 8.95. The summed E-state index contributed by atoms with van der Waals surface area (Å²) in [5, 5.41) is 0. The Bertz CT molecular complexity index is 853. The molecule has 128 valence electrons. The highest BCUT2D eigenvalue weighted by molar-refractivity contribution is 5.55. The molecular weight excluding hydrogens is 308 g/mol. The first-order chi connectivity index (χ1) is 12.2. The van der Waals surface area contributed by atoms with Gasteiger partial charge >= 0.3 is 0 Å². The molecule has 1 aromatic carbocycles. The lowest BCUT2D eigenvalue weighted by Crippen LogP contribution is -2.22. The molecule has 0 N–H and O–H groups in total. The molecular formula is C21H24N4. The smallest absolute Gasteiger partial charge is 0.105 e. The zero-order valence-electron chi connectivity index (χ0n) is 14.9. The van der Waals surface area contributed by atoms with E-state index in [9.17, 15) is 0 Å². The Labute approximate surface area is 149 Å². The number of nitrogens with zero attached hydrogens (tertiary/aromatic N) is 4. The van der Waals surface area contributed by atoms with Crippen molar-refractivity contribution in [2.75, 3.05) is 6.54 Å². The van der Waals surface area contributed by atoms with Crippen molar-refractivity contribution >= 4 is 0 Å². The summed E-state index contributed by atoms with van der Waals surface area (Å²) < 4.78 is 2.10. The van der Waals surface area contributed by atoms with Crippen LogP contribution in [-0.2, 0) is 13.6 Å². The normalized spacial score (nSPS) is 17.9. The lowest BCUT2D eigenvalue weighted by atomic mass is 10.0. The molecule has 4 nitrogen and oxygen atoms in total. The van der Waals surface area contributed by atoms with E-state index in [0.29, 0.717) is 6.04 Å². The highest BCUT2D eigenvalue weighted by atomic mass is 15.2. The van der Waals surface area contributed by atoms with Gasteiger partial charge in [-0.1, -0.05) is 30.3 Å². The fourth-order valence-corrected chi connectivity index (χ4v) is 3.75. The number of aryl methyl sites for hydroxylation is 1. The number of aromatic nitrogens is 3. The van der Waals surface area contributed by atoms with Crippen molar-refractivity contribution in [3.8, 4) is 11.4 Å². The summed E-state index contributed by atoms with van der Waals surface area (Å²) >= 11 is 0. The van der Waals surface area contributed by atoms with Crippen molar-refractivity contribution in [1.29, 1.82) is 0 Å². The molecule has 1 fully saturated rings. The van der Waals surface area contributed by atoms with E-state index in [1.165, 1.54) is 24.0 Å². The van der Waals surface area contributed by atoms with Gasteiger partial charge in [0.25, 0.3) is 0 Å². The Hall–Kier alpha value is -2.46. The average Bonchev–Trinajstić information content (AvgIpc) is 3.23. The minimum absolute atomic E-state index is 0.469. The number of imidazole rings is 1. The van der Waals surface area contributed by atoms with E-state index >= 15 is 0 Å². The molecule has 1 saturated heterocycles. The van der Waals surface area contributed by atoms with E-state index in [-0.39, 0.29) is 0 Å². The van der Waals surface area contributed by atoms with Crippen LogP contribution < -0.4 is 0 Å². The first kappa shape index (κ1) is 16.0. The summed E-state index contributed by atoms with van der Waals surface area (Å²) in [7, 11) is 2.04. The monoisotopic (exact) mass is 332 g/mol.